The molecule has 3 aromatic carbocycles. The Morgan fingerprint density at radius 3 is 2.45 bits per heavy atom. The van der Waals surface area contributed by atoms with Crippen LogP contribution in [0.1, 0.15) is 21.5 Å². The van der Waals surface area contributed by atoms with Gasteiger partial charge in [-0.05, 0) is 66.6 Å². The number of benzene rings is 3. The highest BCUT2D eigenvalue weighted by Crippen LogP contribution is 2.45. The van der Waals surface area contributed by atoms with Gasteiger partial charge in [-0.15, -0.1) is 0 Å². The number of methoxy groups -OCH3 is 1. The SMILES string of the molecule is COc1c(-c2cc(NC(=O)c3cccc(C(F)(F)F)c3)ccc2C)cc2cnc(N)nc2c1-c1ccc(N)nc1. The minimum Gasteiger partial charge on any atom is -0.495 e. The number of carbonyl (C=O) groups excluding carboxylic acids is 1. The summed E-state index contributed by atoms with van der Waals surface area (Å²) in [7, 11) is 1.53. The first-order valence-electron chi connectivity index (χ1n) is 12.0. The number of rotatable bonds is 5. The molecule has 0 fully saturated rings. The molecule has 11 heteroatoms. The van der Waals surface area contributed by atoms with Crippen molar-refractivity contribution in [3.8, 4) is 28.0 Å². The van der Waals surface area contributed by atoms with Crippen LogP contribution in [-0.4, -0.2) is 28.0 Å². The Morgan fingerprint density at radius 2 is 1.75 bits per heavy atom. The molecule has 0 bridgehead atoms. The number of nitrogen functional groups attached to an aromatic ring is 2. The normalized spacial score (nSPS) is 11.4. The summed E-state index contributed by atoms with van der Waals surface area (Å²) in [6, 6.07) is 14.7. The number of hydrogen-bond acceptors (Lipinski definition) is 7. The molecular formula is C29H23F3N6O2. The summed E-state index contributed by atoms with van der Waals surface area (Å²) in [6.45, 7) is 1.89. The van der Waals surface area contributed by atoms with E-state index in [2.05, 4.69) is 20.3 Å². The molecule has 0 unspecified atom stereocenters. The van der Waals surface area contributed by atoms with E-state index in [0.29, 0.717) is 50.4 Å². The molecule has 0 aliphatic rings. The zero-order chi connectivity index (χ0) is 28.6. The van der Waals surface area contributed by atoms with Crippen LogP contribution in [0.2, 0.25) is 0 Å². The summed E-state index contributed by atoms with van der Waals surface area (Å²) in [5, 5.41) is 3.37. The Bertz CT molecular complexity index is 1750. The van der Waals surface area contributed by atoms with Crippen molar-refractivity contribution >= 4 is 34.3 Å². The lowest BCUT2D eigenvalue weighted by Gasteiger charge is -2.19. The van der Waals surface area contributed by atoms with Gasteiger partial charge >= 0.3 is 6.18 Å². The second-order valence-electron chi connectivity index (χ2n) is 9.03. The first-order valence-corrected chi connectivity index (χ1v) is 12.0. The molecule has 5 rings (SSSR count). The molecule has 5 aromatic rings. The quantitative estimate of drug-likeness (QED) is 0.243. The van der Waals surface area contributed by atoms with E-state index in [9.17, 15) is 18.0 Å². The van der Waals surface area contributed by atoms with Crippen LogP contribution in [0.5, 0.6) is 5.75 Å². The monoisotopic (exact) mass is 544 g/mol. The second kappa shape index (κ2) is 10.2. The first kappa shape index (κ1) is 26.4. The summed E-state index contributed by atoms with van der Waals surface area (Å²) in [4.78, 5) is 25.7. The Hall–Kier alpha value is -5.19. The van der Waals surface area contributed by atoms with Crippen molar-refractivity contribution in [2.24, 2.45) is 0 Å². The molecule has 8 nitrogen and oxygen atoms in total. The second-order valence-corrected chi connectivity index (χ2v) is 9.03. The molecule has 5 N–H and O–H groups in total. The first-order chi connectivity index (χ1) is 19.0. The molecule has 40 heavy (non-hydrogen) atoms. The Kier molecular flexibility index (Phi) is 6.72. The number of pyridine rings is 1. The lowest BCUT2D eigenvalue weighted by atomic mass is 9.92. The van der Waals surface area contributed by atoms with E-state index < -0.39 is 17.6 Å². The highest BCUT2D eigenvalue weighted by molar-refractivity contribution is 6.06. The molecule has 0 atom stereocenters. The van der Waals surface area contributed by atoms with Crippen molar-refractivity contribution in [1.29, 1.82) is 0 Å². The van der Waals surface area contributed by atoms with Crippen molar-refractivity contribution in [2.75, 3.05) is 23.9 Å². The van der Waals surface area contributed by atoms with Crippen LogP contribution in [-0.2, 0) is 6.18 Å². The standard InChI is InChI=1S/C29H23F3N6O2/c1-15-6-8-20(37-27(39)16-4-3-5-19(10-16)29(30,31)32)12-21(15)22-11-18-14-36-28(34)38-25(18)24(26(22)40-2)17-7-9-23(33)35-13-17/h3-14H,1-2H3,(H2,33,35)(H,37,39)(H2,34,36,38). The van der Waals surface area contributed by atoms with Gasteiger partial charge in [-0.1, -0.05) is 12.1 Å². The lowest BCUT2D eigenvalue weighted by molar-refractivity contribution is -0.137. The van der Waals surface area contributed by atoms with E-state index in [1.807, 2.05) is 13.0 Å². The summed E-state index contributed by atoms with van der Waals surface area (Å²) in [5.74, 6) is 0.227. The maximum atomic E-state index is 13.2. The molecule has 0 aliphatic carbocycles. The molecule has 0 spiro atoms. The predicted molar refractivity (Wildman–Crippen MR) is 148 cm³/mol. The van der Waals surface area contributed by atoms with Gasteiger partial charge in [0.2, 0.25) is 5.95 Å². The molecular weight excluding hydrogens is 521 g/mol. The van der Waals surface area contributed by atoms with Crippen molar-refractivity contribution in [3.05, 3.63) is 89.7 Å². The third kappa shape index (κ3) is 5.08. The number of hydrogen-bond donors (Lipinski definition) is 3. The molecule has 0 saturated heterocycles. The predicted octanol–water partition coefficient (Wildman–Crippen LogP) is 6.11. The van der Waals surface area contributed by atoms with Gasteiger partial charge in [0, 0.05) is 40.2 Å². The van der Waals surface area contributed by atoms with E-state index in [1.165, 1.54) is 19.2 Å². The molecule has 0 radical (unpaired) electrons. The lowest BCUT2D eigenvalue weighted by Crippen LogP contribution is -2.14. The fourth-order valence-corrected chi connectivity index (χ4v) is 4.44. The number of nitrogens with zero attached hydrogens (tertiary/aromatic N) is 3. The number of fused-ring (bicyclic) bond motifs is 1. The summed E-state index contributed by atoms with van der Waals surface area (Å²) < 4.78 is 45.4. The number of nitrogens with two attached hydrogens (primary N) is 2. The van der Waals surface area contributed by atoms with Crippen LogP contribution in [0.25, 0.3) is 33.2 Å². The van der Waals surface area contributed by atoms with Crippen LogP contribution in [0.3, 0.4) is 0 Å². The zero-order valence-electron chi connectivity index (χ0n) is 21.4. The number of nitrogens with one attached hydrogen (secondary N) is 1. The van der Waals surface area contributed by atoms with Gasteiger partial charge in [-0.25, -0.2) is 15.0 Å². The number of carbonyl (C=O) groups is 1. The number of amides is 1. The number of alkyl halides is 3. The van der Waals surface area contributed by atoms with Gasteiger partial charge in [-0.3, -0.25) is 4.79 Å². The van der Waals surface area contributed by atoms with Gasteiger partial charge in [0.25, 0.3) is 5.91 Å². The van der Waals surface area contributed by atoms with Crippen molar-refractivity contribution in [3.63, 3.8) is 0 Å². The highest BCUT2D eigenvalue weighted by Gasteiger charge is 2.31. The smallest absolute Gasteiger partial charge is 0.416 e. The van der Waals surface area contributed by atoms with Gasteiger partial charge < -0.3 is 21.5 Å². The van der Waals surface area contributed by atoms with Gasteiger partial charge in [0.15, 0.2) is 0 Å². The molecule has 1 amide bonds. The summed E-state index contributed by atoms with van der Waals surface area (Å²) >= 11 is 0. The average Bonchev–Trinajstić information content (AvgIpc) is 2.93. The number of aromatic nitrogens is 3. The Balaban J connectivity index is 1.63. The van der Waals surface area contributed by atoms with Crippen molar-refractivity contribution in [1.82, 2.24) is 15.0 Å². The fraction of sp³-hybridized carbons (Fsp3) is 0.103. The average molecular weight is 545 g/mol. The number of aryl methyl sites for hydroxylation is 1. The maximum Gasteiger partial charge on any atom is 0.416 e. The van der Waals surface area contributed by atoms with Crippen molar-refractivity contribution < 1.29 is 22.7 Å². The summed E-state index contributed by atoms with van der Waals surface area (Å²) in [5.41, 5.74) is 15.2. The number of halogens is 3. The Morgan fingerprint density at radius 1 is 0.950 bits per heavy atom. The van der Waals surface area contributed by atoms with Gasteiger partial charge in [0.1, 0.15) is 11.6 Å². The molecule has 0 aliphatic heterocycles. The number of ether oxygens (including phenoxy) is 1. The minimum atomic E-state index is -4.56. The van der Waals surface area contributed by atoms with E-state index in [1.54, 1.807) is 42.7 Å². The molecule has 2 heterocycles. The van der Waals surface area contributed by atoms with Crippen LogP contribution in [0.4, 0.5) is 30.6 Å². The zero-order valence-corrected chi connectivity index (χ0v) is 21.4. The summed E-state index contributed by atoms with van der Waals surface area (Å²) in [6.07, 6.45) is -1.36. The van der Waals surface area contributed by atoms with Crippen LogP contribution < -0.4 is 21.5 Å². The largest absolute Gasteiger partial charge is 0.495 e. The van der Waals surface area contributed by atoms with Crippen molar-refractivity contribution in [2.45, 2.75) is 13.1 Å². The van der Waals surface area contributed by atoms with Gasteiger partial charge in [-0.2, -0.15) is 13.2 Å². The Labute approximate surface area is 226 Å². The highest BCUT2D eigenvalue weighted by atomic mass is 19.4. The third-order valence-electron chi connectivity index (χ3n) is 6.36. The molecule has 202 valence electrons. The topological polar surface area (TPSA) is 129 Å². The van der Waals surface area contributed by atoms with E-state index in [4.69, 9.17) is 16.2 Å². The van der Waals surface area contributed by atoms with E-state index in [0.717, 1.165) is 17.7 Å². The number of anilines is 3. The van der Waals surface area contributed by atoms with Crippen LogP contribution >= 0.6 is 0 Å². The fourth-order valence-electron chi connectivity index (χ4n) is 4.44. The minimum absolute atomic E-state index is 0.0856. The molecule has 2 aromatic heterocycles. The molecule has 0 saturated carbocycles. The van der Waals surface area contributed by atoms with Crippen LogP contribution in [0, 0.1) is 6.92 Å². The third-order valence-corrected chi connectivity index (χ3v) is 6.36. The van der Waals surface area contributed by atoms with Gasteiger partial charge in [0.05, 0.1) is 23.8 Å². The maximum absolute atomic E-state index is 13.2. The van der Waals surface area contributed by atoms with E-state index >= 15 is 0 Å². The van der Waals surface area contributed by atoms with Crippen LogP contribution in [0.15, 0.2) is 73.1 Å². The van der Waals surface area contributed by atoms with E-state index in [-0.39, 0.29) is 11.5 Å².